The molecule has 0 aromatic heterocycles. The number of carbonyl (C=O) groups excluding carboxylic acids is 1. The summed E-state index contributed by atoms with van der Waals surface area (Å²) in [5, 5.41) is 11.6. The number of para-hydroxylation sites is 1. The summed E-state index contributed by atoms with van der Waals surface area (Å²) >= 11 is 0. The molecule has 0 spiro atoms. The number of amides is 1. The van der Waals surface area contributed by atoms with Gasteiger partial charge < -0.3 is 15.8 Å². The lowest BCUT2D eigenvalue weighted by atomic mass is 10.2. The smallest absolute Gasteiger partial charge is 0.262 e. The molecule has 1 amide bonds. The van der Waals surface area contributed by atoms with E-state index in [1.807, 2.05) is 6.07 Å². The number of anilines is 2. The normalized spacial score (nSPS) is 9.55. The molecule has 0 atom stereocenters. The second-order valence-corrected chi connectivity index (χ2v) is 4.07. The van der Waals surface area contributed by atoms with Gasteiger partial charge in [-0.05, 0) is 30.3 Å². The zero-order chi connectivity index (χ0) is 14.4. The topological polar surface area (TPSA) is 88.1 Å². The highest BCUT2D eigenvalue weighted by atomic mass is 16.5. The Labute approximate surface area is 116 Å². The lowest BCUT2D eigenvalue weighted by Gasteiger charge is -2.08. The van der Waals surface area contributed by atoms with Gasteiger partial charge in [-0.2, -0.15) is 5.26 Å². The summed E-state index contributed by atoms with van der Waals surface area (Å²) < 4.78 is 5.33. The fourth-order valence-corrected chi connectivity index (χ4v) is 1.64. The molecule has 0 heterocycles. The van der Waals surface area contributed by atoms with Crippen molar-refractivity contribution in [3.63, 3.8) is 0 Å². The van der Waals surface area contributed by atoms with Gasteiger partial charge in [-0.3, -0.25) is 4.79 Å². The Hall–Kier alpha value is -3.00. The summed E-state index contributed by atoms with van der Waals surface area (Å²) in [6.07, 6.45) is 0. The Kier molecular flexibility index (Phi) is 4.20. The number of ether oxygens (including phenoxy) is 1. The van der Waals surface area contributed by atoms with Gasteiger partial charge >= 0.3 is 0 Å². The number of nitrogens with two attached hydrogens (primary N) is 1. The number of nitrogens with zero attached hydrogens (tertiary/aromatic N) is 1. The maximum Gasteiger partial charge on any atom is 0.262 e. The number of nitrogens with one attached hydrogen (secondary N) is 1. The highest BCUT2D eigenvalue weighted by Crippen LogP contribution is 2.16. The third-order valence-corrected chi connectivity index (χ3v) is 2.54. The van der Waals surface area contributed by atoms with E-state index in [1.165, 1.54) is 0 Å². The summed E-state index contributed by atoms with van der Waals surface area (Å²) in [4.78, 5) is 11.7. The van der Waals surface area contributed by atoms with Gasteiger partial charge in [-0.25, -0.2) is 0 Å². The van der Waals surface area contributed by atoms with Crippen molar-refractivity contribution in [1.82, 2.24) is 0 Å². The van der Waals surface area contributed by atoms with Crippen molar-refractivity contribution in [3.05, 3.63) is 54.1 Å². The van der Waals surface area contributed by atoms with Crippen LogP contribution in [0, 0.1) is 11.3 Å². The van der Waals surface area contributed by atoms with Crippen LogP contribution in [0.4, 0.5) is 11.4 Å². The van der Waals surface area contributed by atoms with Crippen LogP contribution in [-0.2, 0) is 4.79 Å². The van der Waals surface area contributed by atoms with Crippen molar-refractivity contribution >= 4 is 17.3 Å². The molecule has 0 fully saturated rings. The molecule has 0 saturated heterocycles. The van der Waals surface area contributed by atoms with Gasteiger partial charge in [0.15, 0.2) is 6.61 Å². The molecule has 2 aromatic rings. The van der Waals surface area contributed by atoms with Crippen LogP contribution >= 0.6 is 0 Å². The van der Waals surface area contributed by atoms with Crippen molar-refractivity contribution in [2.24, 2.45) is 0 Å². The number of nitrogen functional groups attached to an aromatic ring is 1. The Morgan fingerprint density at radius 2 is 2.05 bits per heavy atom. The molecule has 0 aliphatic heterocycles. The number of rotatable bonds is 4. The highest BCUT2D eigenvalue weighted by molar-refractivity contribution is 5.92. The molecule has 2 rings (SSSR count). The number of carbonyl (C=O) groups is 1. The zero-order valence-electron chi connectivity index (χ0n) is 10.7. The molecule has 0 bridgehead atoms. The van der Waals surface area contributed by atoms with E-state index in [0.29, 0.717) is 22.7 Å². The van der Waals surface area contributed by atoms with Crippen molar-refractivity contribution in [1.29, 1.82) is 5.26 Å². The number of hydrogen-bond acceptors (Lipinski definition) is 4. The number of nitriles is 1. The molecule has 20 heavy (non-hydrogen) atoms. The molecule has 0 radical (unpaired) electrons. The predicted molar refractivity (Wildman–Crippen MR) is 76.1 cm³/mol. The summed E-state index contributed by atoms with van der Waals surface area (Å²) in [5.41, 5.74) is 7.18. The maximum atomic E-state index is 11.7. The van der Waals surface area contributed by atoms with Gasteiger partial charge in [0.2, 0.25) is 0 Å². The maximum absolute atomic E-state index is 11.7. The molecule has 100 valence electrons. The molecule has 5 nitrogen and oxygen atoms in total. The van der Waals surface area contributed by atoms with E-state index in [0.717, 1.165) is 0 Å². The van der Waals surface area contributed by atoms with Crippen LogP contribution in [0.2, 0.25) is 0 Å². The molecule has 0 aliphatic carbocycles. The molecular formula is C15H13N3O2. The minimum absolute atomic E-state index is 0.173. The highest BCUT2D eigenvalue weighted by Gasteiger charge is 2.06. The van der Waals surface area contributed by atoms with Crippen LogP contribution in [0.3, 0.4) is 0 Å². The lowest BCUT2D eigenvalue weighted by molar-refractivity contribution is -0.118. The van der Waals surface area contributed by atoms with E-state index in [-0.39, 0.29) is 12.5 Å². The molecular weight excluding hydrogens is 254 g/mol. The van der Waals surface area contributed by atoms with Crippen LogP contribution in [0.5, 0.6) is 5.75 Å². The second kappa shape index (κ2) is 6.25. The Morgan fingerprint density at radius 1 is 1.25 bits per heavy atom. The van der Waals surface area contributed by atoms with Crippen molar-refractivity contribution in [2.75, 3.05) is 17.7 Å². The minimum atomic E-state index is -0.316. The fraction of sp³-hybridized carbons (Fsp3) is 0.0667. The molecule has 2 aromatic carbocycles. The predicted octanol–water partition coefficient (Wildman–Crippen LogP) is 2.16. The standard InChI is InChI=1S/C15H13N3O2/c16-9-11-4-1-2-7-14(11)20-10-15(19)18-13-6-3-5-12(17)8-13/h1-8H,10,17H2,(H,18,19). The largest absolute Gasteiger partial charge is 0.482 e. The van der Waals surface area contributed by atoms with Crippen molar-refractivity contribution in [2.45, 2.75) is 0 Å². The Bertz CT molecular complexity index is 662. The Morgan fingerprint density at radius 3 is 2.80 bits per heavy atom. The van der Waals surface area contributed by atoms with E-state index in [9.17, 15) is 4.79 Å². The first-order valence-electron chi connectivity index (χ1n) is 5.96. The van der Waals surface area contributed by atoms with E-state index in [4.69, 9.17) is 15.7 Å². The second-order valence-electron chi connectivity index (χ2n) is 4.07. The first kappa shape index (κ1) is 13.4. The summed E-state index contributed by atoms with van der Waals surface area (Å²) in [6, 6.07) is 15.6. The molecule has 3 N–H and O–H groups in total. The third-order valence-electron chi connectivity index (χ3n) is 2.54. The summed E-state index contributed by atoms with van der Waals surface area (Å²) in [5.74, 6) is 0.0704. The zero-order valence-corrected chi connectivity index (χ0v) is 10.7. The molecule has 0 aliphatic rings. The van der Waals surface area contributed by atoms with Crippen molar-refractivity contribution in [3.8, 4) is 11.8 Å². The number of benzene rings is 2. The van der Waals surface area contributed by atoms with Crippen LogP contribution in [-0.4, -0.2) is 12.5 Å². The van der Waals surface area contributed by atoms with Crippen molar-refractivity contribution < 1.29 is 9.53 Å². The minimum Gasteiger partial charge on any atom is -0.482 e. The molecule has 0 unspecified atom stereocenters. The molecule has 0 saturated carbocycles. The lowest BCUT2D eigenvalue weighted by Crippen LogP contribution is -2.20. The van der Waals surface area contributed by atoms with Gasteiger partial charge in [-0.15, -0.1) is 0 Å². The van der Waals surface area contributed by atoms with Crippen LogP contribution in [0.1, 0.15) is 5.56 Å². The summed E-state index contributed by atoms with van der Waals surface area (Å²) in [6.45, 7) is -0.173. The van der Waals surface area contributed by atoms with Crippen LogP contribution in [0.15, 0.2) is 48.5 Å². The van der Waals surface area contributed by atoms with E-state index < -0.39 is 0 Å². The third kappa shape index (κ3) is 3.50. The Balaban J connectivity index is 1.94. The SMILES string of the molecule is N#Cc1ccccc1OCC(=O)Nc1cccc(N)c1. The van der Waals surface area contributed by atoms with Crippen LogP contribution < -0.4 is 15.8 Å². The number of hydrogen-bond donors (Lipinski definition) is 2. The average Bonchev–Trinajstić information content (AvgIpc) is 2.45. The fourth-order valence-electron chi connectivity index (χ4n) is 1.64. The van der Waals surface area contributed by atoms with Gasteiger partial charge in [0.05, 0.1) is 5.56 Å². The van der Waals surface area contributed by atoms with Crippen LogP contribution in [0.25, 0.3) is 0 Å². The average molecular weight is 267 g/mol. The monoisotopic (exact) mass is 267 g/mol. The summed E-state index contributed by atoms with van der Waals surface area (Å²) in [7, 11) is 0. The first-order valence-corrected chi connectivity index (χ1v) is 5.96. The van der Waals surface area contributed by atoms with Gasteiger partial charge in [0.1, 0.15) is 11.8 Å². The molecule has 5 heteroatoms. The van der Waals surface area contributed by atoms with E-state index in [2.05, 4.69) is 5.32 Å². The van der Waals surface area contributed by atoms with Gasteiger partial charge in [0.25, 0.3) is 5.91 Å². The quantitative estimate of drug-likeness (QED) is 0.831. The van der Waals surface area contributed by atoms with Gasteiger partial charge in [-0.1, -0.05) is 18.2 Å². The van der Waals surface area contributed by atoms with E-state index >= 15 is 0 Å². The first-order chi connectivity index (χ1) is 9.69. The van der Waals surface area contributed by atoms with E-state index in [1.54, 1.807) is 48.5 Å². The van der Waals surface area contributed by atoms with Gasteiger partial charge in [0, 0.05) is 11.4 Å².